The van der Waals surface area contributed by atoms with E-state index < -0.39 is 0 Å². The second kappa shape index (κ2) is 9.82. The Hall–Kier alpha value is -1.06. The molecule has 0 aliphatic heterocycles. The molecular weight excluding hydrogens is 236 g/mol. The zero-order valence-corrected chi connectivity index (χ0v) is 12.4. The van der Waals surface area contributed by atoms with Gasteiger partial charge < -0.3 is 10.5 Å². The highest BCUT2D eigenvalue weighted by atomic mass is 16.5. The van der Waals surface area contributed by atoms with Gasteiger partial charge in [0.15, 0.2) is 0 Å². The summed E-state index contributed by atoms with van der Waals surface area (Å²) in [5, 5.41) is 0. The molecule has 3 nitrogen and oxygen atoms in total. The van der Waals surface area contributed by atoms with Crippen LogP contribution in [0.15, 0.2) is 24.3 Å². The molecule has 0 fully saturated rings. The van der Waals surface area contributed by atoms with Crippen molar-refractivity contribution in [2.24, 2.45) is 5.73 Å². The lowest BCUT2D eigenvalue weighted by Gasteiger charge is -2.21. The maximum atomic E-state index is 5.69. The minimum absolute atomic E-state index is 0.681. The Balaban J connectivity index is 2.54. The first-order valence-electron chi connectivity index (χ1n) is 7.44. The summed E-state index contributed by atoms with van der Waals surface area (Å²) in [6.45, 7) is 9.17. The number of hydrogen-bond acceptors (Lipinski definition) is 3. The van der Waals surface area contributed by atoms with E-state index in [1.807, 2.05) is 6.07 Å². The minimum Gasteiger partial charge on any atom is -0.494 e. The number of ether oxygens (including phenoxy) is 1. The molecule has 0 aromatic heterocycles. The summed E-state index contributed by atoms with van der Waals surface area (Å²) in [4.78, 5) is 2.50. The van der Waals surface area contributed by atoms with Crippen molar-refractivity contribution >= 4 is 0 Å². The van der Waals surface area contributed by atoms with Crippen molar-refractivity contribution in [3.8, 4) is 5.75 Å². The van der Waals surface area contributed by atoms with E-state index in [1.165, 1.54) is 18.4 Å². The van der Waals surface area contributed by atoms with E-state index in [1.54, 1.807) is 0 Å². The second-order valence-corrected chi connectivity index (χ2v) is 4.91. The predicted molar refractivity (Wildman–Crippen MR) is 81.5 cm³/mol. The van der Waals surface area contributed by atoms with Crippen LogP contribution in [0, 0.1) is 0 Å². The molecule has 1 aromatic rings. The van der Waals surface area contributed by atoms with Crippen LogP contribution < -0.4 is 10.5 Å². The fraction of sp³-hybridized carbons (Fsp3) is 0.625. The molecule has 0 aliphatic carbocycles. The molecule has 0 spiro atoms. The third kappa shape index (κ3) is 6.60. The van der Waals surface area contributed by atoms with Gasteiger partial charge in [-0.25, -0.2) is 0 Å². The van der Waals surface area contributed by atoms with Gasteiger partial charge in [0.25, 0.3) is 0 Å². The van der Waals surface area contributed by atoms with Gasteiger partial charge in [0, 0.05) is 6.54 Å². The molecule has 0 heterocycles. The van der Waals surface area contributed by atoms with Gasteiger partial charge >= 0.3 is 0 Å². The van der Waals surface area contributed by atoms with Crippen LogP contribution in [0.2, 0.25) is 0 Å². The van der Waals surface area contributed by atoms with Gasteiger partial charge in [-0.05, 0) is 56.6 Å². The Morgan fingerprint density at radius 3 is 2.53 bits per heavy atom. The van der Waals surface area contributed by atoms with Crippen LogP contribution >= 0.6 is 0 Å². The highest BCUT2D eigenvalue weighted by molar-refractivity contribution is 5.28. The second-order valence-electron chi connectivity index (χ2n) is 4.91. The Kier molecular flexibility index (Phi) is 8.26. The molecule has 3 heteroatoms. The van der Waals surface area contributed by atoms with Crippen molar-refractivity contribution < 1.29 is 4.74 Å². The fourth-order valence-electron chi connectivity index (χ4n) is 2.17. The molecule has 0 unspecified atom stereocenters. The van der Waals surface area contributed by atoms with E-state index in [9.17, 15) is 0 Å². The lowest BCUT2D eigenvalue weighted by molar-refractivity contribution is 0.265. The zero-order valence-electron chi connectivity index (χ0n) is 12.4. The summed E-state index contributed by atoms with van der Waals surface area (Å²) < 4.78 is 5.69. The normalized spacial score (nSPS) is 10.9. The highest BCUT2D eigenvalue weighted by Crippen LogP contribution is 2.15. The van der Waals surface area contributed by atoms with Crippen molar-refractivity contribution in [2.45, 2.75) is 39.7 Å². The first-order valence-corrected chi connectivity index (χ1v) is 7.44. The Labute approximate surface area is 117 Å². The quantitative estimate of drug-likeness (QED) is 0.660. The standard InChI is InChI=1S/C16H28N2O/c1-3-10-18(11-4-2)14-15-7-5-8-16(13-15)19-12-6-9-17/h5,7-8,13H,3-4,6,9-12,14,17H2,1-2H3. The van der Waals surface area contributed by atoms with Gasteiger partial charge in [-0.1, -0.05) is 26.0 Å². The third-order valence-corrected chi connectivity index (χ3v) is 3.00. The van der Waals surface area contributed by atoms with Gasteiger partial charge in [0.1, 0.15) is 5.75 Å². The molecule has 0 aliphatic rings. The average molecular weight is 264 g/mol. The maximum Gasteiger partial charge on any atom is 0.119 e. The minimum atomic E-state index is 0.681. The molecule has 0 atom stereocenters. The van der Waals surface area contributed by atoms with E-state index in [-0.39, 0.29) is 0 Å². The summed E-state index contributed by atoms with van der Waals surface area (Å²) in [7, 11) is 0. The Morgan fingerprint density at radius 1 is 1.16 bits per heavy atom. The van der Waals surface area contributed by atoms with Crippen molar-refractivity contribution in [1.82, 2.24) is 4.90 Å². The van der Waals surface area contributed by atoms with E-state index in [2.05, 4.69) is 36.9 Å². The third-order valence-electron chi connectivity index (χ3n) is 3.00. The summed E-state index contributed by atoms with van der Waals surface area (Å²) in [6.07, 6.45) is 3.31. The maximum absolute atomic E-state index is 5.69. The van der Waals surface area contributed by atoms with Crippen molar-refractivity contribution in [3.05, 3.63) is 29.8 Å². The monoisotopic (exact) mass is 264 g/mol. The van der Waals surface area contributed by atoms with Crippen LogP contribution in [-0.4, -0.2) is 31.1 Å². The van der Waals surface area contributed by atoms with Crippen LogP contribution in [-0.2, 0) is 6.54 Å². The summed E-state index contributed by atoms with van der Waals surface area (Å²) in [6, 6.07) is 8.41. The van der Waals surface area contributed by atoms with Gasteiger partial charge in [0.2, 0.25) is 0 Å². The van der Waals surface area contributed by atoms with Gasteiger partial charge in [0.05, 0.1) is 6.61 Å². The summed E-state index contributed by atoms with van der Waals surface area (Å²) in [5.41, 5.74) is 6.79. The van der Waals surface area contributed by atoms with E-state index >= 15 is 0 Å². The molecule has 0 bridgehead atoms. The van der Waals surface area contributed by atoms with Gasteiger partial charge in [-0.15, -0.1) is 0 Å². The van der Waals surface area contributed by atoms with Crippen LogP contribution in [0.3, 0.4) is 0 Å². The number of benzene rings is 1. The molecular formula is C16H28N2O. The predicted octanol–water partition coefficient (Wildman–Crippen LogP) is 3.04. The van der Waals surface area contributed by atoms with Crippen molar-refractivity contribution in [2.75, 3.05) is 26.2 Å². The van der Waals surface area contributed by atoms with Gasteiger partial charge in [-0.2, -0.15) is 0 Å². The summed E-state index contributed by atoms with van der Waals surface area (Å²) in [5.74, 6) is 0.957. The molecule has 0 radical (unpaired) electrons. The lowest BCUT2D eigenvalue weighted by atomic mass is 10.2. The van der Waals surface area contributed by atoms with E-state index in [4.69, 9.17) is 10.5 Å². The number of nitrogens with zero attached hydrogens (tertiary/aromatic N) is 1. The average Bonchev–Trinajstić information content (AvgIpc) is 2.40. The number of rotatable bonds is 10. The first-order chi connectivity index (χ1) is 9.30. The van der Waals surface area contributed by atoms with E-state index in [0.717, 1.165) is 31.8 Å². The van der Waals surface area contributed by atoms with Crippen molar-refractivity contribution in [1.29, 1.82) is 0 Å². The highest BCUT2D eigenvalue weighted by Gasteiger charge is 2.04. The molecule has 108 valence electrons. The first kappa shape index (κ1) is 16.0. The molecule has 0 amide bonds. The molecule has 1 rings (SSSR count). The van der Waals surface area contributed by atoms with Crippen LogP contribution in [0.4, 0.5) is 0 Å². The molecule has 0 saturated carbocycles. The topological polar surface area (TPSA) is 38.5 Å². The largest absolute Gasteiger partial charge is 0.494 e. The molecule has 19 heavy (non-hydrogen) atoms. The fourth-order valence-corrected chi connectivity index (χ4v) is 2.17. The molecule has 1 aromatic carbocycles. The Bertz CT molecular complexity index is 335. The van der Waals surface area contributed by atoms with Crippen molar-refractivity contribution in [3.63, 3.8) is 0 Å². The SMILES string of the molecule is CCCN(CCC)Cc1cccc(OCCCN)c1. The Morgan fingerprint density at radius 2 is 1.89 bits per heavy atom. The smallest absolute Gasteiger partial charge is 0.119 e. The van der Waals surface area contributed by atoms with Gasteiger partial charge in [-0.3, -0.25) is 4.90 Å². The lowest BCUT2D eigenvalue weighted by Crippen LogP contribution is -2.24. The van der Waals surface area contributed by atoms with Crippen LogP contribution in [0.25, 0.3) is 0 Å². The van der Waals surface area contributed by atoms with Crippen LogP contribution in [0.1, 0.15) is 38.7 Å². The van der Waals surface area contributed by atoms with Crippen LogP contribution in [0.5, 0.6) is 5.75 Å². The number of nitrogens with two attached hydrogens (primary N) is 1. The summed E-state index contributed by atoms with van der Waals surface area (Å²) >= 11 is 0. The zero-order chi connectivity index (χ0) is 13.9. The van der Waals surface area contributed by atoms with E-state index in [0.29, 0.717) is 13.2 Å². The molecule has 2 N–H and O–H groups in total. The molecule has 0 saturated heterocycles. The number of hydrogen-bond donors (Lipinski definition) is 1.